The zero-order valence-electron chi connectivity index (χ0n) is 10.4. The lowest BCUT2D eigenvalue weighted by Crippen LogP contribution is -2.45. The zero-order chi connectivity index (χ0) is 12.2. The van der Waals surface area contributed by atoms with Crippen LogP contribution in [-0.2, 0) is 11.3 Å². The molecule has 0 aliphatic rings. The Morgan fingerprint density at radius 3 is 2.69 bits per heavy atom. The largest absolute Gasteiger partial charge is 0.350 e. The van der Waals surface area contributed by atoms with E-state index in [0.717, 1.165) is 6.54 Å². The number of likely N-dealkylation sites (N-methyl/N-ethyl adjacent to an activating group) is 1. The van der Waals surface area contributed by atoms with Gasteiger partial charge >= 0.3 is 0 Å². The Morgan fingerprint density at radius 1 is 1.50 bits per heavy atom. The van der Waals surface area contributed by atoms with Crippen molar-refractivity contribution in [2.75, 3.05) is 13.6 Å². The van der Waals surface area contributed by atoms with E-state index in [-0.39, 0.29) is 11.4 Å². The number of hydrogen-bond donors (Lipinski definition) is 1. The summed E-state index contributed by atoms with van der Waals surface area (Å²) < 4.78 is 0. The summed E-state index contributed by atoms with van der Waals surface area (Å²) in [5.41, 5.74) is -0.152. The Kier molecular flexibility index (Phi) is 4.50. The van der Waals surface area contributed by atoms with Crippen LogP contribution in [0.2, 0.25) is 0 Å². The molecule has 0 aliphatic heterocycles. The van der Waals surface area contributed by atoms with E-state index in [4.69, 9.17) is 0 Å². The van der Waals surface area contributed by atoms with Gasteiger partial charge in [-0.25, -0.2) is 0 Å². The van der Waals surface area contributed by atoms with Crippen LogP contribution in [0.1, 0.15) is 25.6 Å². The van der Waals surface area contributed by atoms with Gasteiger partial charge in [0.15, 0.2) is 0 Å². The molecule has 0 unspecified atom stereocenters. The first-order chi connectivity index (χ1) is 7.37. The molecular formula is C12H20N2OS. The van der Waals surface area contributed by atoms with Gasteiger partial charge in [0, 0.05) is 17.0 Å². The molecule has 1 amide bonds. The summed E-state index contributed by atoms with van der Waals surface area (Å²) in [6.45, 7) is 7.24. The minimum atomic E-state index is -0.152. The second kappa shape index (κ2) is 5.46. The first-order valence-electron chi connectivity index (χ1n) is 5.39. The highest BCUT2D eigenvalue weighted by atomic mass is 32.1. The van der Waals surface area contributed by atoms with Crippen LogP contribution >= 0.6 is 11.3 Å². The van der Waals surface area contributed by atoms with Crippen molar-refractivity contribution in [3.63, 3.8) is 0 Å². The van der Waals surface area contributed by atoms with Gasteiger partial charge in [-0.1, -0.05) is 6.07 Å². The van der Waals surface area contributed by atoms with Crippen LogP contribution < -0.4 is 5.32 Å². The smallest absolute Gasteiger partial charge is 0.234 e. The van der Waals surface area contributed by atoms with Gasteiger partial charge < -0.3 is 5.32 Å². The van der Waals surface area contributed by atoms with E-state index in [1.807, 2.05) is 38.8 Å². The Morgan fingerprint density at radius 2 is 2.19 bits per heavy atom. The van der Waals surface area contributed by atoms with E-state index in [1.54, 1.807) is 11.3 Å². The molecule has 4 heteroatoms. The second-order valence-electron chi connectivity index (χ2n) is 5.05. The highest BCUT2D eigenvalue weighted by Gasteiger charge is 2.15. The molecule has 0 fully saturated rings. The first-order valence-corrected chi connectivity index (χ1v) is 6.27. The quantitative estimate of drug-likeness (QED) is 0.874. The maximum absolute atomic E-state index is 11.6. The van der Waals surface area contributed by atoms with E-state index in [1.165, 1.54) is 4.88 Å². The van der Waals surface area contributed by atoms with Crippen molar-refractivity contribution in [1.82, 2.24) is 10.2 Å². The maximum Gasteiger partial charge on any atom is 0.234 e. The topological polar surface area (TPSA) is 32.3 Å². The maximum atomic E-state index is 11.6. The van der Waals surface area contributed by atoms with Gasteiger partial charge in [-0.2, -0.15) is 0 Å². The molecule has 0 aliphatic carbocycles. The molecule has 0 atom stereocenters. The summed E-state index contributed by atoms with van der Waals surface area (Å²) in [6.07, 6.45) is 0. The number of amides is 1. The lowest BCUT2D eigenvalue weighted by molar-refractivity contribution is -0.123. The van der Waals surface area contributed by atoms with Crippen LogP contribution in [0.3, 0.4) is 0 Å². The molecule has 0 radical (unpaired) electrons. The standard InChI is InChI=1S/C12H20N2OS/c1-12(2,3)13-11(15)9-14(4)8-10-6-5-7-16-10/h5-7H,8-9H2,1-4H3,(H,13,15). The average Bonchev–Trinajstić information content (AvgIpc) is 2.51. The van der Waals surface area contributed by atoms with Crippen LogP contribution in [-0.4, -0.2) is 29.9 Å². The zero-order valence-corrected chi connectivity index (χ0v) is 11.2. The third-order valence-electron chi connectivity index (χ3n) is 1.93. The van der Waals surface area contributed by atoms with E-state index in [2.05, 4.69) is 16.8 Å². The molecule has 90 valence electrons. The summed E-state index contributed by atoms with van der Waals surface area (Å²) in [4.78, 5) is 15.0. The molecular weight excluding hydrogens is 220 g/mol. The van der Waals surface area contributed by atoms with Crippen molar-refractivity contribution >= 4 is 17.2 Å². The van der Waals surface area contributed by atoms with E-state index in [0.29, 0.717) is 6.54 Å². The number of thiophene rings is 1. The molecule has 0 saturated heterocycles. The van der Waals surface area contributed by atoms with Gasteiger partial charge in [0.2, 0.25) is 5.91 Å². The fraction of sp³-hybridized carbons (Fsp3) is 0.583. The Balaban J connectivity index is 2.34. The molecule has 1 aromatic heterocycles. The van der Waals surface area contributed by atoms with E-state index >= 15 is 0 Å². The molecule has 1 heterocycles. The minimum absolute atomic E-state index is 0.0755. The molecule has 0 bridgehead atoms. The van der Waals surface area contributed by atoms with Crippen molar-refractivity contribution in [1.29, 1.82) is 0 Å². The van der Waals surface area contributed by atoms with Crippen molar-refractivity contribution in [2.24, 2.45) is 0 Å². The number of carbonyl (C=O) groups is 1. The molecule has 3 nitrogen and oxygen atoms in total. The molecule has 0 saturated carbocycles. The van der Waals surface area contributed by atoms with Crippen molar-refractivity contribution < 1.29 is 4.79 Å². The fourth-order valence-corrected chi connectivity index (χ4v) is 2.21. The second-order valence-corrected chi connectivity index (χ2v) is 6.08. The van der Waals surface area contributed by atoms with Gasteiger partial charge in [0.25, 0.3) is 0 Å². The molecule has 1 rings (SSSR count). The Hall–Kier alpha value is -0.870. The number of carbonyl (C=O) groups excluding carboxylic acids is 1. The molecule has 0 spiro atoms. The highest BCUT2D eigenvalue weighted by molar-refractivity contribution is 7.09. The summed E-state index contributed by atoms with van der Waals surface area (Å²) in [6, 6.07) is 4.12. The normalized spacial score (nSPS) is 11.8. The lowest BCUT2D eigenvalue weighted by atomic mass is 10.1. The Bertz CT molecular complexity index is 327. The predicted octanol–water partition coefficient (Wildman–Crippen LogP) is 2.09. The Labute approximate surface area is 101 Å². The first kappa shape index (κ1) is 13.2. The average molecular weight is 240 g/mol. The van der Waals surface area contributed by atoms with Crippen LogP contribution in [0.25, 0.3) is 0 Å². The van der Waals surface area contributed by atoms with Gasteiger partial charge in [0.1, 0.15) is 0 Å². The van der Waals surface area contributed by atoms with Gasteiger partial charge in [0.05, 0.1) is 6.54 Å². The van der Waals surface area contributed by atoms with Gasteiger partial charge in [-0.05, 0) is 39.3 Å². The summed E-state index contributed by atoms with van der Waals surface area (Å²) in [5, 5.41) is 5.01. The number of rotatable bonds is 4. The molecule has 0 aromatic carbocycles. The van der Waals surface area contributed by atoms with Gasteiger partial charge in [-0.3, -0.25) is 9.69 Å². The van der Waals surface area contributed by atoms with Crippen LogP contribution in [0.4, 0.5) is 0 Å². The number of hydrogen-bond acceptors (Lipinski definition) is 3. The summed E-state index contributed by atoms with van der Waals surface area (Å²) in [7, 11) is 1.96. The third-order valence-corrected chi connectivity index (χ3v) is 2.79. The lowest BCUT2D eigenvalue weighted by Gasteiger charge is -2.23. The minimum Gasteiger partial charge on any atom is -0.350 e. The monoisotopic (exact) mass is 240 g/mol. The van der Waals surface area contributed by atoms with Crippen LogP contribution in [0.5, 0.6) is 0 Å². The third kappa shape index (κ3) is 5.28. The predicted molar refractivity (Wildman–Crippen MR) is 68.5 cm³/mol. The molecule has 16 heavy (non-hydrogen) atoms. The number of nitrogens with zero attached hydrogens (tertiary/aromatic N) is 1. The highest BCUT2D eigenvalue weighted by Crippen LogP contribution is 2.10. The van der Waals surface area contributed by atoms with Crippen molar-refractivity contribution in [2.45, 2.75) is 32.9 Å². The number of nitrogens with one attached hydrogen (secondary N) is 1. The summed E-state index contributed by atoms with van der Waals surface area (Å²) >= 11 is 1.72. The van der Waals surface area contributed by atoms with Crippen molar-refractivity contribution in [3.8, 4) is 0 Å². The molecule has 1 aromatic rings. The summed E-state index contributed by atoms with van der Waals surface area (Å²) in [5.74, 6) is 0.0755. The fourth-order valence-electron chi connectivity index (χ4n) is 1.43. The SMILES string of the molecule is CN(CC(=O)NC(C)(C)C)Cc1cccs1. The van der Waals surface area contributed by atoms with Crippen LogP contribution in [0.15, 0.2) is 17.5 Å². The molecule has 1 N–H and O–H groups in total. The van der Waals surface area contributed by atoms with Gasteiger partial charge in [-0.15, -0.1) is 11.3 Å². The van der Waals surface area contributed by atoms with Crippen molar-refractivity contribution in [3.05, 3.63) is 22.4 Å². The van der Waals surface area contributed by atoms with Crippen LogP contribution in [0, 0.1) is 0 Å². The van der Waals surface area contributed by atoms with E-state index < -0.39 is 0 Å². The van der Waals surface area contributed by atoms with E-state index in [9.17, 15) is 4.79 Å².